The van der Waals surface area contributed by atoms with E-state index >= 15 is 0 Å². The Morgan fingerprint density at radius 3 is 2.56 bits per heavy atom. The number of aromatic nitrogens is 2. The zero-order chi connectivity index (χ0) is 18.6. The number of likely N-dealkylation sites (tertiary alicyclic amines) is 1. The summed E-state index contributed by atoms with van der Waals surface area (Å²) in [4.78, 5) is 19.0. The van der Waals surface area contributed by atoms with Crippen molar-refractivity contribution in [3.8, 4) is 11.4 Å². The smallest absolute Gasteiger partial charge is 0.321 e. The first-order valence-electron chi connectivity index (χ1n) is 9.39. The molecule has 0 saturated carbocycles. The van der Waals surface area contributed by atoms with Crippen molar-refractivity contribution >= 4 is 11.7 Å². The number of hydrogen-bond donors (Lipinski definition) is 1. The number of aryl methyl sites for hydroxylation is 1. The molecule has 0 radical (unpaired) electrons. The lowest BCUT2D eigenvalue weighted by Crippen LogP contribution is -2.33. The van der Waals surface area contributed by atoms with Crippen molar-refractivity contribution in [1.29, 1.82) is 0 Å². The number of amides is 2. The summed E-state index contributed by atoms with van der Waals surface area (Å²) in [7, 11) is 0. The van der Waals surface area contributed by atoms with Gasteiger partial charge in [0.05, 0.1) is 0 Å². The third-order valence-electron chi connectivity index (χ3n) is 5.13. The van der Waals surface area contributed by atoms with Crippen molar-refractivity contribution in [2.75, 3.05) is 18.4 Å². The Balaban J connectivity index is 1.42. The zero-order valence-corrected chi connectivity index (χ0v) is 15.5. The van der Waals surface area contributed by atoms with Gasteiger partial charge in [0.1, 0.15) is 5.82 Å². The van der Waals surface area contributed by atoms with Crippen LogP contribution in [-0.4, -0.2) is 33.6 Å². The molecule has 0 spiro atoms. The average Bonchev–Trinajstić information content (AvgIpc) is 3.31. The molecule has 0 bridgehead atoms. The molecule has 3 aromatic rings. The molecule has 138 valence electrons. The highest BCUT2D eigenvalue weighted by atomic mass is 16.2. The van der Waals surface area contributed by atoms with Gasteiger partial charge in [-0.05, 0) is 31.4 Å². The Bertz CT molecular complexity index is 905. The number of anilines is 1. The maximum atomic E-state index is 12.5. The van der Waals surface area contributed by atoms with E-state index < -0.39 is 0 Å². The van der Waals surface area contributed by atoms with Gasteiger partial charge in [-0.15, -0.1) is 0 Å². The second kappa shape index (κ2) is 7.66. The fourth-order valence-electron chi connectivity index (χ4n) is 3.66. The monoisotopic (exact) mass is 360 g/mol. The number of hydrogen-bond acceptors (Lipinski definition) is 2. The summed E-state index contributed by atoms with van der Waals surface area (Å²) in [5.41, 5.74) is 3.12. The second-order valence-corrected chi connectivity index (χ2v) is 7.10. The predicted octanol–water partition coefficient (Wildman–Crippen LogP) is 4.41. The molecule has 1 N–H and O–H groups in total. The predicted molar refractivity (Wildman–Crippen MR) is 108 cm³/mol. The fourth-order valence-corrected chi connectivity index (χ4v) is 3.66. The van der Waals surface area contributed by atoms with Gasteiger partial charge in [-0.2, -0.15) is 0 Å². The molecule has 1 aliphatic heterocycles. The van der Waals surface area contributed by atoms with Crippen LogP contribution in [0.15, 0.2) is 66.9 Å². The molecule has 1 aromatic heterocycles. The molecular formula is C22H24N4O. The highest BCUT2D eigenvalue weighted by molar-refractivity contribution is 5.89. The van der Waals surface area contributed by atoms with Gasteiger partial charge in [-0.1, -0.05) is 48.5 Å². The van der Waals surface area contributed by atoms with E-state index in [1.807, 2.05) is 59.6 Å². The summed E-state index contributed by atoms with van der Waals surface area (Å²) in [5, 5.41) is 2.98. The van der Waals surface area contributed by atoms with Gasteiger partial charge in [-0.25, -0.2) is 9.78 Å². The molecule has 2 amide bonds. The minimum atomic E-state index is -0.0191. The first-order valence-corrected chi connectivity index (χ1v) is 9.39. The van der Waals surface area contributed by atoms with E-state index in [1.165, 1.54) is 0 Å². The normalized spacial score (nSPS) is 16.5. The van der Waals surface area contributed by atoms with Crippen LogP contribution in [0.25, 0.3) is 11.4 Å². The van der Waals surface area contributed by atoms with Crippen molar-refractivity contribution in [3.05, 3.63) is 72.6 Å². The quantitative estimate of drug-likeness (QED) is 0.749. The Kier molecular flexibility index (Phi) is 4.92. The number of nitrogens with zero attached hydrogens (tertiary/aromatic N) is 3. The Hall–Kier alpha value is -3.08. The molecule has 5 nitrogen and oxygen atoms in total. The van der Waals surface area contributed by atoms with Crippen LogP contribution in [0.1, 0.15) is 12.1 Å². The third-order valence-corrected chi connectivity index (χ3v) is 5.13. The highest BCUT2D eigenvalue weighted by Gasteiger charge is 2.27. The van der Waals surface area contributed by atoms with Gasteiger partial charge in [0.15, 0.2) is 0 Å². The van der Waals surface area contributed by atoms with Crippen LogP contribution in [0.3, 0.4) is 0 Å². The molecule has 1 saturated heterocycles. The van der Waals surface area contributed by atoms with Gasteiger partial charge in [0.2, 0.25) is 0 Å². The molecular weight excluding hydrogens is 336 g/mol. The molecule has 2 aromatic carbocycles. The maximum absolute atomic E-state index is 12.5. The van der Waals surface area contributed by atoms with Crippen LogP contribution in [0.2, 0.25) is 0 Å². The summed E-state index contributed by atoms with van der Waals surface area (Å²) in [5.74, 6) is 1.43. The van der Waals surface area contributed by atoms with Gasteiger partial charge in [0, 0.05) is 42.8 Å². The van der Waals surface area contributed by atoms with Crippen LogP contribution in [0, 0.1) is 12.8 Å². The molecule has 1 fully saturated rings. The van der Waals surface area contributed by atoms with E-state index in [-0.39, 0.29) is 6.03 Å². The van der Waals surface area contributed by atoms with Crippen LogP contribution in [-0.2, 0) is 6.54 Å². The van der Waals surface area contributed by atoms with Crippen molar-refractivity contribution in [2.24, 2.45) is 5.92 Å². The minimum absolute atomic E-state index is 0.0191. The molecule has 0 aliphatic carbocycles. The molecule has 27 heavy (non-hydrogen) atoms. The number of carbonyl (C=O) groups is 1. The lowest BCUT2D eigenvalue weighted by molar-refractivity contribution is 0.220. The zero-order valence-electron chi connectivity index (χ0n) is 15.5. The first-order chi connectivity index (χ1) is 13.2. The summed E-state index contributed by atoms with van der Waals surface area (Å²) < 4.78 is 2.28. The number of para-hydroxylation sites is 1. The van der Waals surface area contributed by atoms with Crippen LogP contribution < -0.4 is 5.32 Å². The second-order valence-electron chi connectivity index (χ2n) is 7.10. The van der Waals surface area contributed by atoms with Crippen molar-refractivity contribution in [3.63, 3.8) is 0 Å². The van der Waals surface area contributed by atoms with Crippen molar-refractivity contribution in [1.82, 2.24) is 14.5 Å². The van der Waals surface area contributed by atoms with E-state index in [0.29, 0.717) is 5.92 Å². The van der Waals surface area contributed by atoms with Crippen molar-refractivity contribution in [2.45, 2.75) is 19.9 Å². The minimum Gasteiger partial charge on any atom is -0.328 e. The first kappa shape index (κ1) is 17.3. The lowest BCUT2D eigenvalue weighted by atomic mass is 10.1. The molecule has 1 aliphatic rings. The number of carbonyl (C=O) groups excluding carboxylic acids is 1. The molecule has 4 rings (SSSR count). The molecule has 1 unspecified atom stereocenters. The molecule has 1 atom stereocenters. The highest BCUT2D eigenvalue weighted by Crippen LogP contribution is 2.25. The largest absolute Gasteiger partial charge is 0.328 e. The van der Waals surface area contributed by atoms with Gasteiger partial charge in [0.25, 0.3) is 0 Å². The maximum Gasteiger partial charge on any atom is 0.321 e. The summed E-state index contributed by atoms with van der Waals surface area (Å²) in [6.45, 7) is 4.53. The van der Waals surface area contributed by atoms with Gasteiger partial charge >= 0.3 is 6.03 Å². The van der Waals surface area contributed by atoms with E-state index in [1.54, 1.807) is 0 Å². The molecule has 5 heteroatoms. The number of rotatable bonds is 4. The van der Waals surface area contributed by atoms with E-state index in [2.05, 4.69) is 33.9 Å². The van der Waals surface area contributed by atoms with E-state index in [9.17, 15) is 4.79 Å². The number of urea groups is 1. The topological polar surface area (TPSA) is 50.2 Å². The van der Waals surface area contributed by atoms with Gasteiger partial charge < -0.3 is 14.8 Å². The Morgan fingerprint density at radius 1 is 1.11 bits per heavy atom. The standard InChI is InChI=1S/C22H24N4O/c1-17-14-23-21(19-8-4-2-5-9-19)26(17)16-18-12-13-25(15-18)22(27)24-20-10-6-3-7-11-20/h2-11,14,18H,12-13,15-16H2,1H3,(H,24,27). The van der Waals surface area contributed by atoms with Gasteiger partial charge in [-0.3, -0.25) is 0 Å². The number of nitrogens with one attached hydrogen (secondary N) is 1. The Morgan fingerprint density at radius 2 is 1.81 bits per heavy atom. The third kappa shape index (κ3) is 3.87. The van der Waals surface area contributed by atoms with Crippen LogP contribution in [0.5, 0.6) is 0 Å². The summed E-state index contributed by atoms with van der Waals surface area (Å²) in [6.07, 6.45) is 2.94. The SMILES string of the molecule is Cc1cnc(-c2ccccc2)n1CC1CCN(C(=O)Nc2ccccc2)C1. The number of imidazole rings is 1. The Labute approximate surface area is 159 Å². The fraction of sp³-hybridized carbons (Fsp3) is 0.273. The summed E-state index contributed by atoms with van der Waals surface area (Å²) >= 11 is 0. The van der Waals surface area contributed by atoms with Crippen molar-refractivity contribution < 1.29 is 4.79 Å². The van der Waals surface area contributed by atoms with Crippen LogP contribution >= 0.6 is 0 Å². The summed E-state index contributed by atoms with van der Waals surface area (Å²) in [6, 6.07) is 19.9. The number of benzene rings is 2. The molecule has 2 heterocycles. The average molecular weight is 360 g/mol. The van der Waals surface area contributed by atoms with Crippen LogP contribution in [0.4, 0.5) is 10.5 Å². The lowest BCUT2D eigenvalue weighted by Gasteiger charge is -2.19. The van der Waals surface area contributed by atoms with E-state index in [4.69, 9.17) is 0 Å². The van der Waals surface area contributed by atoms with E-state index in [0.717, 1.165) is 48.8 Å².